The van der Waals surface area contributed by atoms with Crippen LogP contribution in [0.3, 0.4) is 0 Å². The molecule has 4 rings (SSSR count). The van der Waals surface area contributed by atoms with Crippen molar-refractivity contribution in [2.24, 2.45) is 5.92 Å². The minimum Gasteiger partial charge on any atom is -0.352 e. The van der Waals surface area contributed by atoms with Gasteiger partial charge in [-0.3, -0.25) is 9.59 Å². The molecule has 0 spiro atoms. The lowest BCUT2D eigenvalue weighted by Gasteiger charge is -2.13. The monoisotopic (exact) mass is 376 g/mol. The van der Waals surface area contributed by atoms with Crippen molar-refractivity contribution in [3.63, 3.8) is 0 Å². The quantitative estimate of drug-likeness (QED) is 0.774. The first kappa shape index (κ1) is 17.5. The van der Waals surface area contributed by atoms with Gasteiger partial charge >= 0.3 is 0 Å². The average molecular weight is 376 g/mol. The SMILES string of the molecule is O=C(NCCCC1CCCC1)c1ccc2c(c1)S(=O)(=O)N(C1CC1)C2=O. The molecule has 0 bridgehead atoms. The first-order valence-electron chi connectivity index (χ1n) is 9.49. The van der Waals surface area contributed by atoms with Crippen LogP contribution in [0.25, 0.3) is 0 Å². The number of rotatable bonds is 6. The number of carbonyl (C=O) groups excluding carboxylic acids is 2. The first-order chi connectivity index (χ1) is 12.5. The molecule has 0 atom stereocenters. The van der Waals surface area contributed by atoms with Crippen LogP contribution in [0.2, 0.25) is 0 Å². The molecule has 7 heteroatoms. The van der Waals surface area contributed by atoms with Crippen LogP contribution in [0.4, 0.5) is 0 Å². The lowest BCUT2D eigenvalue weighted by molar-refractivity contribution is 0.0863. The second-order valence-electron chi connectivity index (χ2n) is 7.60. The van der Waals surface area contributed by atoms with E-state index in [9.17, 15) is 18.0 Å². The van der Waals surface area contributed by atoms with Gasteiger partial charge in [0.05, 0.1) is 5.56 Å². The molecular formula is C19H24N2O4S. The summed E-state index contributed by atoms with van der Waals surface area (Å²) in [7, 11) is -3.82. The van der Waals surface area contributed by atoms with E-state index in [1.807, 2.05) is 0 Å². The van der Waals surface area contributed by atoms with Crippen LogP contribution < -0.4 is 5.32 Å². The smallest absolute Gasteiger partial charge is 0.269 e. The number of hydrogen-bond acceptors (Lipinski definition) is 4. The fourth-order valence-electron chi connectivity index (χ4n) is 4.05. The van der Waals surface area contributed by atoms with Gasteiger partial charge in [0.2, 0.25) is 0 Å². The van der Waals surface area contributed by atoms with Gasteiger partial charge in [-0.1, -0.05) is 25.7 Å². The lowest BCUT2D eigenvalue weighted by atomic mass is 10.0. The molecule has 2 aliphatic carbocycles. The van der Waals surface area contributed by atoms with Crippen LogP contribution in [0, 0.1) is 5.92 Å². The largest absolute Gasteiger partial charge is 0.352 e. The second-order valence-corrected chi connectivity index (χ2v) is 9.38. The Labute approximate surface area is 154 Å². The van der Waals surface area contributed by atoms with Gasteiger partial charge in [0.15, 0.2) is 0 Å². The standard InChI is InChI=1S/C19H24N2O4S/c22-18(20-11-3-6-13-4-1-2-5-13)14-7-10-16-17(12-14)26(24,25)21(19(16)23)15-8-9-15/h7,10,12-13,15H,1-6,8-9,11H2,(H,20,22). The van der Waals surface area contributed by atoms with E-state index in [2.05, 4.69) is 5.32 Å². The molecule has 0 saturated heterocycles. The van der Waals surface area contributed by atoms with E-state index in [1.54, 1.807) is 0 Å². The molecule has 0 unspecified atom stereocenters. The van der Waals surface area contributed by atoms with Crippen LogP contribution in [0.1, 0.15) is 72.1 Å². The van der Waals surface area contributed by atoms with Gasteiger partial charge in [-0.2, -0.15) is 0 Å². The van der Waals surface area contributed by atoms with Gasteiger partial charge < -0.3 is 5.32 Å². The van der Waals surface area contributed by atoms with Crippen molar-refractivity contribution in [1.82, 2.24) is 9.62 Å². The summed E-state index contributed by atoms with van der Waals surface area (Å²) < 4.78 is 26.3. The van der Waals surface area contributed by atoms with E-state index in [4.69, 9.17) is 0 Å². The van der Waals surface area contributed by atoms with E-state index in [0.29, 0.717) is 24.9 Å². The summed E-state index contributed by atoms with van der Waals surface area (Å²) in [6.07, 6.45) is 8.72. The van der Waals surface area contributed by atoms with Gasteiger partial charge in [0, 0.05) is 18.2 Å². The van der Waals surface area contributed by atoms with E-state index in [1.165, 1.54) is 43.9 Å². The van der Waals surface area contributed by atoms with Crippen molar-refractivity contribution in [3.8, 4) is 0 Å². The molecule has 140 valence electrons. The van der Waals surface area contributed by atoms with Crippen molar-refractivity contribution in [1.29, 1.82) is 0 Å². The first-order valence-corrected chi connectivity index (χ1v) is 10.9. The Balaban J connectivity index is 1.41. The van der Waals surface area contributed by atoms with Gasteiger partial charge in [0.25, 0.3) is 21.8 Å². The maximum Gasteiger partial charge on any atom is 0.269 e. The van der Waals surface area contributed by atoms with Crippen LogP contribution in [-0.2, 0) is 10.0 Å². The molecule has 1 aliphatic heterocycles. The van der Waals surface area contributed by atoms with Crippen LogP contribution in [0.5, 0.6) is 0 Å². The molecular weight excluding hydrogens is 352 g/mol. The number of fused-ring (bicyclic) bond motifs is 1. The second kappa shape index (κ2) is 6.68. The summed E-state index contributed by atoms with van der Waals surface area (Å²) in [5, 5.41) is 2.87. The Morgan fingerprint density at radius 3 is 2.58 bits per heavy atom. The zero-order valence-electron chi connectivity index (χ0n) is 14.7. The van der Waals surface area contributed by atoms with Crippen molar-refractivity contribution < 1.29 is 18.0 Å². The lowest BCUT2D eigenvalue weighted by Crippen LogP contribution is -2.32. The maximum atomic E-state index is 12.6. The normalized spacial score (nSPS) is 21.8. The number of carbonyl (C=O) groups is 2. The van der Waals surface area contributed by atoms with Crippen LogP contribution >= 0.6 is 0 Å². The van der Waals surface area contributed by atoms with Crippen molar-refractivity contribution in [3.05, 3.63) is 29.3 Å². The molecule has 26 heavy (non-hydrogen) atoms. The highest BCUT2D eigenvalue weighted by Gasteiger charge is 2.48. The van der Waals surface area contributed by atoms with Crippen molar-refractivity contribution in [2.45, 2.75) is 62.3 Å². The summed E-state index contributed by atoms with van der Waals surface area (Å²) in [4.78, 5) is 24.7. The van der Waals surface area contributed by atoms with Crippen molar-refractivity contribution >= 4 is 21.8 Å². The molecule has 1 heterocycles. The van der Waals surface area contributed by atoms with Gasteiger partial charge in [-0.05, 0) is 49.8 Å². The maximum absolute atomic E-state index is 12.6. The fourth-order valence-corrected chi connectivity index (χ4v) is 5.89. The highest BCUT2D eigenvalue weighted by atomic mass is 32.2. The van der Waals surface area contributed by atoms with E-state index < -0.39 is 15.9 Å². The number of benzene rings is 1. The Bertz CT molecular complexity index is 839. The predicted molar refractivity (Wildman–Crippen MR) is 96.3 cm³/mol. The van der Waals surface area contributed by atoms with Gasteiger partial charge in [-0.15, -0.1) is 0 Å². The number of hydrogen-bond donors (Lipinski definition) is 1. The zero-order chi connectivity index (χ0) is 18.3. The third-order valence-electron chi connectivity index (χ3n) is 5.64. The molecule has 2 fully saturated rings. The summed E-state index contributed by atoms with van der Waals surface area (Å²) in [5.41, 5.74) is 0.466. The summed E-state index contributed by atoms with van der Waals surface area (Å²) in [6.45, 7) is 0.590. The van der Waals surface area contributed by atoms with Crippen molar-refractivity contribution in [2.75, 3.05) is 6.54 Å². The van der Waals surface area contributed by atoms with Gasteiger partial charge in [-0.25, -0.2) is 12.7 Å². The molecule has 0 radical (unpaired) electrons. The zero-order valence-corrected chi connectivity index (χ0v) is 15.6. The van der Waals surface area contributed by atoms with Crippen LogP contribution in [-0.4, -0.2) is 37.1 Å². The number of nitrogens with one attached hydrogen (secondary N) is 1. The molecule has 0 aromatic heterocycles. The highest BCUT2D eigenvalue weighted by molar-refractivity contribution is 7.90. The Kier molecular flexibility index (Phi) is 4.50. The molecule has 2 amide bonds. The Hall–Kier alpha value is -1.89. The van der Waals surface area contributed by atoms with Crippen LogP contribution in [0.15, 0.2) is 23.1 Å². The highest BCUT2D eigenvalue weighted by Crippen LogP contribution is 2.39. The molecule has 3 aliphatic rings. The summed E-state index contributed by atoms with van der Waals surface area (Å²) >= 11 is 0. The number of amides is 2. The molecule has 2 saturated carbocycles. The minimum absolute atomic E-state index is 0.0343. The number of sulfonamides is 1. The predicted octanol–water partition coefficient (Wildman–Crippen LogP) is 2.69. The van der Waals surface area contributed by atoms with E-state index in [-0.39, 0.29) is 22.4 Å². The summed E-state index contributed by atoms with van der Waals surface area (Å²) in [6, 6.07) is 4.13. The average Bonchev–Trinajstić information content (AvgIpc) is 3.25. The molecule has 1 N–H and O–H groups in total. The minimum atomic E-state index is -3.82. The Morgan fingerprint density at radius 1 is 1.15 bits per heavy atom. The summed E-state index contributed by atoms with van der Waals surface area (Å²) in [5.74, 6) is 0.0363. The molecule has 6 nitrogen and oxygen atoms in total. The Morgan fingerprint density at radius 2 is 1.88 bits per heavy atom. The van der Waals surface area contributed by atoms with E-state index >= 15 is 0 Å². The number of nitrogens with zero attached hydrogens (tertiary/aromatic N) is 1. The molecule has 1 aromatic rings. The third-order valence-corrected chi connectivity index (χ3v) is 7.51. The third kappa shape index (κ3) is 3.13. The topological polar surface area (TPSA) is 83.6 Å². The fraction of sp³-hybridized carbons (Fsp3) is 0.579. The van der Waals surface area contributed by atoms with E-state index in [0.717, 1.165) is 23.1 Å². The molecule has 1 aromatic carbocycles. The van der Waals surface area contributed by atoms with Gasteiger partial charge in [0.1, 0.15) is 4.90 Å².